The Hall–Kier alpha value is -0.970. The zero-order valence-corrected chi connectivity index (χ0v) is 13.3. The maximum Gasteiger partial charge on any atom is 0.225 e. The monoisotopic (exact) mass is 327 g/mol. The van der Waals surface area contributed by atoms with E-state index in [1.807, 2.05) is 0 Å². The quantitative estimate of drug-likeness (QED) is 0.833. The number of fused-ring (bicyclic) bond motifs is 2. The van der Waals surface area contributed by atoms with Crippen molar-refractivity contribution >= 4 is 40.5 Å². The lowest BCUT2D eigenvalue weighted by Crippen LogP contribution is -2.34. The van der Waals surface area contributed by atoms with Crippen LogP contribution in [-0.2, 0) is 4.79 Å². The van der Waals surface area contributed by atoms with Gasteiger partial charge in [-0.2, -0.15) is 0 Å². The summed E-state index contributed by atoms with van der Waals surface area (Å²) < 4.78 is 0. The van der Waals surface area contributed by atoms with Crippen molar-refractivity contribution < 1.29 is 4.79 Å². The van der Waals surface area contributed by atoms with Crippen molar-refractivity contribution in [3.8, 4) is 0 Å². The molecule has 0 radical (unpaired) electrons. The van der Waals surface area contributed by atoms with Gasteiger partial charge in [0.1, 0.15) is 0 Å². The Morgan fingerprint density at radius 1 is 1.38 bits per heavy atom. The number of likely N-dealkylation sites (tertiary alicyclic amines) is 1. The summed E-state index contributed by atoms with van der Waals surface area (Å²) in [7, 11) is 0. The molecular formula is C15H19Cl2N3O. The second-order valence-corrected chi connectivity index (χ2v) is 6.82. The Morgan fingerprint density at radius 3 is 2.81 bits per heavy atom. The predicted molar refractivity (Wildman–Crippen MR) is 86.8 cm³/mol. The van der Waals surface area contributed by atoms with Gasteiger partial charge in [-0.3, -0.25) is 9.69 Å². The SMILES string of the molecule is Nc1cc(Cl)cc(Cl)c1NC(=O)CCN1CC2CCC1C2. The number of nitrogen functional groups attached to an aromatic ring is 1. The van der Waals surface area contributed by atoms with Crippen LogP contribution in [0.4, 0.5) is 11.4 Å². The highest BCUT2D eigenvalue weighted by Crippen LogP contribution is 2.37. The molecular weight excluding hydrogens is 309 g/mol. The molecule has 1 heterocycles. The van der Waals surface area contributed by atoms with Gasteiger partial charge in [0.05, 0.1) is 16.4 Å². The fraction of sp³-hybridized carbons (Fsp3) is 0.533. The van der Waals surface area contributed by atoms with Crippen molar-refractivity contribution in [1.82, 2.24) is 4.90 Å². The molecule has 2 atom stereocenters. The molecule has 1 aliphatic heterocycles. The number of amides is 1. The number of anilines is 2. The van der Waals surface area contributed by atoms with Crippen LogP contribution in [0.25, 0.3) is 0 Å². The fourth-order valence-electron chi connectivity index (χ4n) is 3.47. The van der Waals surface area contributed by atoms with E-state index in [0.717, 1.165) is 19.0 Å². The molecule has 2 unspecified atom stereocenters. The van der Waals surface area contributed by atoms with Crippen LogP contribution in [0.5, 0.6) is 0 Å². The molecule has 1 saturated carbocycles. The van der Waals surface area contributed by atoms with E-state index in [-0.39, 0.29) is 5.91 Å². The zero-order valence-electron chi connectivity index (χ0n) is 11.7. The molecule has 1 aromatic rings. The number of nitrogens with two attached hydrogens (primary N) is 1. The molecule has 2 fully saturated rings. The van der Waals surface area contributed by atoms with Crippen molar-refractivity contribution in [3.05, 3.63) is 22.2 Å². The standard InChI is InChI=1S/C15H19Cl2N3O/c16-10-6-12(17)15(13(18)7-10)19-14(21)3-4-20-8-9-1-2-11(20)5-9/h6-7,9,11H,1-5,8,18H2,(H,19,21). The smallest absolute Gasteiger partial charge is 0.225 e. The molecule has 2 aliphatic rings. The number of nitrogens with one attached hydrogen (secondary N) is 1. The predicted octanol–water partition coefficient (Wildman–Crippen LogP) is 3.39. The number of halogens is 2. The van der Waals surface area contributed by atoms with E-state index >= 15 is 0 Å². The Bertz CT molecular complexity index is 541. The van der Waals surface area contributed by atoms with Crippen molar-refractivity contribution in [1.29, 1.82) is 0 Å². The fourth-order valence-corrected chi connectivity index (χ4v) is 4.03. The van der Waals surface area contributed by atoms with E-state index in [1.165, 1.54) is 19.3 Å². The van der Waals surface area contributed by atoms with E-state index in [9.17, 15) is 4.79 Å². The second kappa shape index (κ2) is 6.03. The van der Waals surface area contributed by atoms with Gasteiger partial charge in [-0.15, -0.1) is 0 Å². The molecule has 3 N–H and O–H groups in total. The molecule has 21 heavy (non-hydrogen) atoms. The minimum atomic E-state index is -0.0614. The summed E-state index contributed by atoms with van der Waals surface area (Å²) >= 11 is 11.9. The molecule has 1 aliphatic carbocycles. The molecule has 114 valence electrons. The number of benzene rings is 1. The topological polar surface area (TPSA) is 58.4 Å². The molecule has 1 aromatic carbocycles. The lowest BCUT2D eigenvalue weighted by atomic mass is 10.1. The van der Waals surface area contributed by atoms with Crippen LogP contribution in [0.15, 0.2) is 12.1 Å². The van der Waals surface area contributed by atoms with Crippen molar-refractivity contribution in [3.63, 3.8) is 0 Å². The molecule has 0 spiro atoms. The first-order chi connectivity index (χ1) is 10.0. The van der Waals surface area contributed by atoms with Gasteiger partial charge >= 0.3 is 0 Å². The van der Waals surface area contributed by atoms with Gasteiger partial charge in [0.15, 0.2) is 0 Å². The number of nitrogens with zero attached hydrogens (tertiary/aromatic N) is 1. The second-order valence-electron chi connectivity index (χ2n) is 5.98. The average molecular weight is 328 g/mol. The Kier molecular flexibility index (Phi) is 4.29. The number of hydrogen-bond acceptors (Lipinski definition) is 3. The summed E-state index contributed by atoms with van der Waals surface area (Å²) in [6.07, 6.45) is 4.39. The molecule has 1 amide bonds. The van der Waals surface area contributed by atoms with E-state index in [1.54, 1.807) is 12.1 Å². The number of piperidine rings is 1. The Balaban J connectivity index is 1.55. The van der Waals surface area contributed by atoms with E-state index < -0.39 is 0 Å². The molecule has 6 heteroatoms. The average Bonchev–Trinajstić information content (AvgIpc) is 3.03. The van der Waals surface area contributed by atoms with Gasteiger partial charge in [-0.1, -0.05) is 23.2 Å². The number of carbonyl (C=O) groups is 1. The largest absolute Gasteiger partial charge is 0.397 e. The molecule has 2 bridgehead atoms. The van der Waals surface area contributed by atoms with Gasteiger partial charge in [0, 0.05) is 30.6 Å². The van der Waals surface area contributed by atoms with Crippen molar-refractivity contribution in [2.45, 2.75) is 31.7 Å². The first-order valence-electron chi connectivity index (χ1n) is 7.31. The maximum absolute atomic E-state index is 12.1. The number of hydrogen-bond donors (Lipinski definition) is 2. The van der Waals surface area contributed by atoms with Crippen LogP contribution in [0.1, 0.15) is 25.7 Å². The molecule has 4 nitrogen and oxygen atoms in total. The van der Waals surface area contributed by atoms with Crippen LogP contribution in [0.2, 0.25) is 10.0 Å². The Morgan fingerprint density at radius 2 is 2.19 bits per heavy atom. The zero-order chi connectivity index (χ0) is 15.0. The third-order valence-electron chi connectivity index (χ3n) is 4.50. The van der Waals surface area contributed by atoms with Crippen LogP contribution in [-0.4, -0.2) is 29.9 Å². The van der Waals surface area contributed by atoms with Gasteiger partial charge < -0.3 is 11.1 Å². The normalized spacial score (nSPS) is 24.5. The molecule has 0 aromatic heterocycles. The van der Waals surface area contributed by atoms with Crippen molar-refractivity contribution in [2.75, 3.05) is 24.1 Å². The van der Waals surface area contributed by atoms with E-state index in [2.05, 4.69) is 10.2 Å². The van der Waals surface area contributed by atoms with Crippen LogP contribution < -0.4 is 11.1 Å². The van der Waals surface area contributed by atoms with E-state index in [4.69, 9.17) is 28.9 Å². The van der Waals surface area contributed by atoms with Crippen LogP contribution in [0.3, 0.4) is 0 Å². The minimum Gasteiger partial charge on any atom is -0.397 e. The third kappa shape index (κ3) is 3.28. The Labute approximate surface area is 134 Å². The summed E-state index contributed by atoms with van der Waals surface area (Å²) in [5.41, 5.74) is 6.69. The highest BCUT2D eigenvalue weighted by Gasteiger charge is 2.37. The minimum absolute atomic E-state index is 0.0614. The maximum atomic E-state index is 12.1. The first kappa shape index (κ1) is 14.9. The summed E-state index contributed by atoms with van der Waals surface area (Å²) in [6.45, 7) is 1.94. The molecule has 3 rings (SSSR count). The van der Waals surface area contributed by atoms with Crippen LogP contribution in [0, 0.1) is 5.92 Å². The summed E-state index contributed by atoms with van der Waals surface area (Å²) in [6, 6.07) is 3.85. The highest BCUT2D eigenvalue weighted by atomic mass is 35.5. The van der Waals surface area contributed by atoms with Gasteiger partial charge in [-0.25, -0.2) is 0 Å². The summed E-state index contributed by atoms with van der Waals surface area (Å²) in [5.74, 6) is 0.785. The first-order valence-corrected chi connectivity index (χ1v) is 8.07. The van der Waals surface area contributed by atoms with Crippen LogP contribution >= 0.6 is 23.2 Å². The third-order valence-corrected chi connectivity index (χ3v) is 5.01. The number of rotatable bonds is 4. The highest BCUT2D eigenvalue weighted by molar-refractivity contribution is 6.37. The molecule has 1 saturated heterocycles. The van der Waals surface area contributed by atoms with Gasteiger partial charge in [0.2, 0.25) is 5.91 Å². The van der Waals surface area contributed by atoms with Crippen molar-refractivity contribution in [2.24, 2.45) is 5.92 Å². The summed E-state index contributed by atoms with van der Waals surface area (Å²) in [4.78, 5) is 14.5. The van der Waals surface area contributed by atoms with Gasteiger partial charge in [0.25, 0.3) is 0 Å². The lowest BCUT2D eigenvalue weighted by molar-refractivity contribution is -0.116. The van der Waals surface area contributed by atoms with Gasteiger partial charge in [-0.05, 0) is 37.3 Å². The summed E-state index contributed by atoms with van der Waals surface area (Å²) in [5, 5.41) is 3.62. The number of carbonyl (C=O) groups excluding carboxylic acids is 1. The lowest BCUT2D eigenvalue weighted by Gasteiger charge is -2.26. The van der Waals surface area contributed by atoms with E-state index in [0.29, 0.717) is 33.9 Å².